The van der Waals surface area contributed by atoms with Crippen LogP contribution in [0.2, 0.25) is 0 Å². The minimum absolute atomic E-state index is 0.0779. The number of amides is 1. The second-order valence-electron chi connectivity index (χ2n) is 5.92. The maximum absolute atomic E-state index is 12.7. The van der Waals surface area contributed by atoms with Crippen molar-refractivity contribution in [3.8, 4) is 5.75 Å². The Labute approximate surface area is 139 Å². The Bertz CT molecular complexity index is 828. The summed E-state index contributed by atoms with van der Waals surface area (Å²) in [6, 6.07) is 13.8. The van der Waals surface area contributed by atoms with Crippen LogP contribution in [0.25, 0.3) is 6.08 Å². The first-order valence-electron chi connectivity index (χ1n) is 7.43. The zero-order valence-corrected chi connectivity index (χ0v) is 13.3. The standard InChI is InChI=1S/C18H16N2O4/c1-18(2)17(21)19(11-10-13-6-4-3-5-7-13)15-9-8-14(20(22)23)12-16(15)24-18/h3-12H,1-2H3. The number of carbonyl (C=O) groups is 1. The van der Waals surface area contributed by atoms with Gasteiger partial charge in [0.25, 0.3) is 11.6 Å². The highest BCUT2D eigenvalue weighted by Crippen LogP contribution is 2.40. The number of hydrogen-bond donors (Lipinski definition) is 0. The van der Waals surface area contributed by atoms with Crippen molar-refractivity contribution in [2.75, 3.05) is 4.90 Å². The lowest BCUT2D eigenvalue weighted by Gasteiger charge is -2.36. The number of anilines is 1. The molecule has 1 aliphatic rings. The molecule has 0 N–H and O–H groups in total. The third-order valence-electron chi connectivity index (χ3n) is 3.73. The van der Waals surface area contributed by atoms with Crippen molar-refractivity contribution in [1.82, 2.24) is 0 Å². The van der Waals surface area contributed by atoms with Crippen LogP contribution in [0.5, 0.6) is 5.75 Å². The Morgan fingerprint density at radius 3 is 2.54 bits per heavy atom. The van der Waals surface area contributed by atoms with Crippen LogP contribution in [0.1, 0.15) is 19.4 Å². The van der Waals surface area contributed by atoms with Crippen LogP contribution in [0.4, 0.5) is 11.4 Å². The fourth-order valence-electron chi connectivity index (χ4n) is 2.49. The molecule has 6 heteroatoms. The third-order valence-corrected chi connectivity index (χ3v) is 3.73. The van der Waals surface area contributed by atoms with Crippen LogP contribution < -0.4 is 9.64 Å². The lowest BCUT2D eigenvalue weighted by Crippen LogP contribution is -2.50. The van der Waals surface area contributed by atoms with Crippen molar-refractivity contribution in [2.24, 2.45) is 0 Å². The lowest BCUT2D eigenvalue weighted by atomic mass is 10.0. The van der Waals surface area contributed by atoms with Gasteiger partial charge in [0, 0.05) is 12.3 Å². The molecule has 0 saturated carbocycles. The van der Waals surface area contributed by atoms with Crippen LogP contribution in [0.15, 0.2) is 54.7 Å². The van der Waals surface area contributed by atoms with Gasteiger partial charge in [0.05, 0.1) is 16.7 Å². The number of nitro benzene ring substituents is 1. The largest absolute Gasteiger partial charge is 0.476 e. The summed E-state index contributed by atoms with van der Waals surface area (Å²) in [4.78, 5) is 24.6. The quantitative estimate of drug-likeness (QED) is 0.636. The van der Waals surface area contributed by atoms with Crippen molar-refractivity contribution in [3.63, 3.8) is 0 Å². The smallest absolute Gasteiger partial charge is 0.274 e. The Morgan fingerprint density at radius 1 is 1.17 bits per heavy atom. The first kappa shape index (κ1) is 15.7. The number of non-ortho nitro benzene ring substituents is 1. The van der Waals surface area contributed by atoms with E-state index in [0.29, 0.717) is 11.4 Å². The molecule has 0 saturated heterocycles. The van der Waals surface area contributed by atoms with Crippen LogP contribution in [-0.2, 0) is 4.79 Å². The second-order valence-corrected chi connectivity index (χ2v) is 5.92. The van der Waals surface area contributed by atoms with Crippen LogP contribution >= 0.6 is 0 Å². The number of nitro groups is 1. The van der Waals surface area contributed by atoms with E-state index in [1.54, 1.807) is 20.0 Å². The van der Waals surface area contributed by atoms with Gasteiger partial charge in [-0.15, -0.1) is 0 Å². The van der Waals surface area contributed by atoms with Gasteiger partial charge in [0.15, 0.2) is 11.4 Å². The van der Waals surface area contributed by atoms with Gasteiger partial charge in [0.1, 0.15) is 0 Å². The van der Waals surface area contributed by atoms with Gasteiger partial charge < -0.3 is 4.74 Å². The molecule has 0 unspecified atom stereocenters. The molecule has 2 aromatic carbocycles. The number of nitrogens with zero attached hydrogens (tertiary/aromatic N) is 2. The molecule has 0 fully saturated rings. The van der Waals surface area contributed by atoms with Crippen LogP contribution in [0, 0.1) is 10.1 Å². The summed E-state index contributed by atoms with van der Waals surface area (Å²) in [6.45, 7) is 3.28. The van der Waals surface area contributed by atoms with Crippen LogP contribution in [-0.4, -0.2) is 16.4 Å². The van der Waals surface area contributed by atoms with Crippen molar-refractivity contribution in [2.45, 2.75) is 19.4 Å². The summed E-state index contributed by atoms with van der Waals surface area (Å²) < 4.78 is 5.68. The van der Waals surface area contributed by atoms with Gasteiger partial charge >= 0.3 is 0 Å². The van der Waals surface area contributed by atoms with E-state index in [-0.39, 0.29) is 11.6 Å². The summed E-state index contributed by atoms with van der Waals surface area (Å²) in [5.74, 6) is 0.0718. The fraction of sp³-hybridized carbons (Fsp3) is 0.167. The zero-order chi connectivity index (χ0) is 17.3. The second kappa shape index (κ2) is 5.81. The molecule has 0 radical (unpaired) electrons. The Morgan fingerprint density at radius 2 is 1.88 bits per heavy atom. The molecule has 1 heterocycles. The summed E-state index contributed by atoms with van der Waals surface area (Å²) in [6.07, 6.45) is 3.47. The number of carbonyl (C=O) groups excluding carboxylic acids is 1. The minimum atomic E-state index is -1.11. The van der Waals surface area contributed by atoms with Crippen molar-refractivity contribution in [3.05, 3.63) is 70.4 Å². The number of benzene rings is 2. The normalized spacial score (nSPS) is 15.9. The maximum Gasteiger partial charge on any atom is 0.274 e. The third kappa shape index (κ3) is 2.86. The molecule has 1 aliphatic heterocycles. The predicted molar refractivity (Wildman–Crippen MR) is 90.8 cm³/mol. The Balaban J connectivity index is 2.04. The van der Waals surface area contributed by atoms with E-state index in [2.05, 4.69) is 0 Å². The van der Waals surface area contributed by atoms with Gasteiger partial charge in [-0.1, -0.05) is 30.3 Å². The molecule has 3 rings (SSSR count). The first-order valence-corrected chi connectivity index (χ1v) is 7.43. The number of fused-ring (bicyclic) bond motifs is 1. The Hall–Kier alpha value is -3.15. The number of ether oxygens (including phenoxy) is 1. The number of hydrogen-bond acceptors (Lipinski definition) is 4. The van der Waals surface area contributed by atoms with Gasteiger partial charge in [-0.05, 0) is 31.6 Å². The van der Waals surface area contributed by atoms with E-state index in [9.17, 15) is 14.9 Å². The highest BCUT2D eigenvalue weighted by Gasteiger charge is 2.40. The molecule has 0 atom stereocenters. The van der Waals surface area contributed by atoms with Gasteiger partial charge in [-0.25, -0.2) is 0 Å². The average Bonchev–Trinajstić information content (AvgIpc) is 2.55. The van der Waals surface area contributed by atoms with E-state index in [4.69, 9.17) is 4.74 Å². The predicted octanol–water partition coefficient (Wildman–Crippen LogP) is 3.77. The molecule has 0 aromatic heterocycles. The molecule has 0 spiro atoms. The number of rotatable bonds is 3. The molecule has 0 bridgehead atoms. The molecule has 0 aliphatic carbocycles. The van der Waals surface area contributed by atoms with Crippen molar-refractivity contribution >= 4 is 23.4 Å². The molecule has 122 valence electrons. The summed E-state index contributed by atoms with van der Waals surface area (Å²) in [7, 11) is 0. The summed E-state index contributed by atoms with van der Waals surface area (Å²) in [5.41, 5.74) is 0.240. The topological polar surface area (TPSA) is 72.7 Å². The molecular formula is C18H16N2O4. The van der Waals surface area contributed by atoms with Crippen LogP contribution in [0.3, 0.4) is 0 Å². The summed E-state index contributed by atoms with van der Waals surface area (Å²) >= 11 is 0. The fourth-order valence-corrected chi connectivity index (χ4v) is 2.49. The van der Waals surface area contributed by atoms with Crippen molar-refractivity contribution < 1.29 is 14.5 Å². The van der Waals surface area contributed by atoms with Crippen molar-refractivity contribution in [1.29, 1.82) is 0 Å². The van der Waals surface area contributed by atoms with Gasteiger partial charge in [-0.3, -0.25) is 19.8 Å². The molecule has 6 nitrogen and oxygen atoms in total. The molecular weight excluding hydrogens is 308 g/mol. The lowest BCUT2D eigenvalue weighted by molar-refractivity contribution is -0.385. The van der Waals surface area contributed by atoms with E-state index in [0.717, 1.165) is 5.56 Å². The monoisotopic (exact) mass is 324 g/mol. The zero-order valence-electron chi connectivity index (χ0n) is 13.3. The van der Waals surface area contributed by atoms with E-state index >= 15 is 0 Å². The van der Waals surface area contributed by atoms with E-state index < -0.39 is 10.5 Å². The molecule has 2 aromatic rings. The SMILES string of the molecule is CC1(C)Oc2cc([N+](=O)[O-])ccc2N(C=Cc2ccccc2)C1=O. The summed E-state index contributed by atoms with van der Waals surface area (Å²) in [5, 5.41) is 11.0. The van der Waals surface area contributed by atoms with Gasteiger partial charge in [0.2, 0.25) is 0 Å². The minimum Gasteiger partial charge on any atom is -0.476 e. The van der Waals surface area contributed by atoms with E-state index in [1.807, 2.05) is 36.4 Å². The highest BCUT2D eigenvalue weighted by atomic mass is 16.6. The molecule has 24 heavy (non-hydrogen) atoms. The molecule has 1 amide bonds. The van der Waals surface area contributed by atoms with E-state index in [1.165, 1.54) is 23.1 Å². The first-order chi connectivity index (χ1) is 11.4. The average molecular weight is 324 g/mol. The Kier molecular flexibility index (Phi) is 3.81. The highest BCUT2D eigenvalue weighted by molar-refractivity contribution is 6.04. The maximum atomic E-state index is 12.7. The van der Waals surface area contributed by atoms with Gasteiger partial charge in [-0.2, -0.15) is 0 Å².